The second kappa shape index (κ2) is 10.5. The van der Waals surface area contributed by atoms with Crippen LogP contribution in [0, 0.1) is 6.92 Å². The van der Waals surface area contributed by atoms with Crippen molar-refractivity contribution < 1.29 is 22.8 Å². The smallest absolute Gasteiger partial charge is 0.332 e. The van der Waals surface area contributed by atoms with Crippen LogP contribution in [0.1, 0.15) is 33.7 Å². The number of halogens is 3. The number of amides is 3. The molecular formula is C26H26F3N3O2S. The van der Waals surface area contributed by atoms with Gasteiger partial charge in [-0.15, -0.1) is 11.3 Å². The number of nitrogens with one attached hydrogen (secondary N) is 1. The molecule has 1 saturated carbocycles. The predicted octanol–water partition coefficient (Wildman–Crippen LogP) is 6.30. The van der Waals surface area contributed by atoms with E-state index in [1.165, 1.54) is 17.0 Å². The van der Waals surface area contributed by atoms with Crippen LogP contribution in [0.2, 0.25) is 0 Å². The molecule has 1 aliphatic rings. The Morgan fingerprint density at radius 3 is 2.37 bits per heavy atom. The van der Waals surface area contributed by atoms with E-state index in [-0.39, 0.29) is 24.2 Å². The third kappa shape index (κ3) is 6.85. The zero-order chi connectivity index (χ0) is 25.0. The van der Waals surface area contributed by atoms with E-state index in [1.807, 2.05) is 49.4 Å². The first-order valence-corrected chi connectivity index (χ1v) is 12.1. The first-order chi connectivity index (χ1) is 16.7. The third-order valence-corrected chi connectivity index (χ3v) is 6.69. The molecule has 0 bridgehead atoms. The minimum Gasteiger partial charge on any atom is -0.332 e. The lowest BCUT2D eigenvalue weighted by molar-refractivity contribution is -0.137. The standard InChI is InChI=1S/C26H26F3N3O2S/c1-18-10-13-23(35-18)16-31(15-19-6-3-2-4-7-19)24(33)17-32(22-11-12-22)25(34)30-21-9-5-8-20(14-21)26(27,28)29/h2-10,13-14,22H,11-12,15-17H2,1H3,(H,30,34). The monoisotopic (exact) mass is 501 g/mol. The first kappa shape index (κ1) is 24.8. The summed E-state index contributed by atoms with van der Waals surface area (Å²) in [5.74, 6) is -0.217. The summed E-state index contributed by atoms with van der Waals surface area (Å²) in [6, 6.07) is 17.4. The maximum absolute atomic E-state index is 13.4. The van der Waals surface area contributed by atoms with Crippen LogP contribution in [0.25, 0.3) is 0 Å². The number of carbonyl (C=O) groups is 2. The molecule has 0 aliphatic heterocycles. The Labute approximate surface area is 206 Å². The van der Waals surface area contributed by atoms with Gasteiger partial charge >= 0.3 is 12.2 Å². The summed E-state index contributed by atoms with van der Waals surface area (Å²) in [5.41, 5.74) is 0.170. The van der Waals surface area contributed by atoms with E-state index < -0.39 is 17.8 Å². The molecule has 3 amide bonds. The van der Waals surface area contributed by atoms with Crippen LogP contribution in [0.15, 0.2) is 66.7 Å². The van der Waals surface area contributed by atoms with Crippen molar-refractivity contribution in [3.63, 3.8) is 0 Å². The molecule has 0 spiro atoms. The fourth-order valence-corrected chi connectivity index (χ4v) is 4.67. The summed E-state index contributed by atoms with van der Waals surface area (Å²) in [4.78, 5) is 31.7. The van der Waals surface area contributed by atoms with Crippen LogP contribution >= 0.6 is 11.3 Å². The maximum Gasteiger partial charge on any atom is 0.416 e. The summed E-state index contributed by atoms with van der Waals surface area (Å²) in [6.45, 7) is 2.67. The van der Waals surface area contributed by atoms with Gasteiger partial charge in [0.25, 0.3) is 0 Å². The van der Waals surface area contributed by atoms with Gasteiger partial charge in [0.2, 0.25) is 5.91 Å². The molecule has 9 heteroatoms. The summed E-state index contributed by atoms with van der Waals surface area (Å²) in [5, 5.41) is 2.54. The molecule has 0 unspecified atom stereocenters. The molecule has 3 aromatic rings. The number of alkyl halides is 3. The SMILES string of the molecule is Cc1ccc(CN(Cc2ccccc2)C(=O)CN(C(=O)Nc2cccc(C(F)(F)F)c2)C2CC2)s1. The lowest BCUT2D eigenvalue weighted by Crippen LogP contribution is -2.45. The van der Waals surface area contributed by atoms with E-state index in [0.717, 1.165) is 40.3 Å². The van der Waals surface area contributed by atoms with Crippen LogP contribution in [0.3, 0.4) is 0 Å². The lowest BCUT2D eigenvalue weighted by atomic mass is 10.2. The van der Waals surface area contributed by atoms with E-state index in [1.54, 1.807) is 16.2 Å². The number of carbonyl (C=O) groups excluding carboxylic acids is 2. The van der Waals surface area contributed by atoms with E-state index in [9.17, 15) is 22.8 Å². The highest BCUT2D eigenvalue weighted by Gasteiger charge is 2.35. The van der Waals surface area contributed by atoms with Gasteiger partial charge in [-0.05, 0) is 55.7 Å². The third-order valence-electron chi connectivity index (χ3n) is 5.71. The maximum atomic E-state index is 13.4. The van der Waals surface area contributed by atoms with Crippen molar-refractivity contribution in [3.8, 4) is 0 Å². The summed E-state index contributed by atoms with van der Waals surface area (Å²) >= 11 is 1.61. The quantitative estimate of drug-likeness (QED) is 0.394. The molecule has 35 heavy (non-hydrogen) atoms. The van der Waals surface area contributed by atoms with Gasteiger partial charge in [0.1, 0.15) is 6.54 Å². The lowest BCUT2D eigenvalue weighted by Gasteiger charge is -2.28. The van der Waals surface area contributed by atoms with E-state index in [0.29, 0.717) is 13.1 Å². The van der Waals surface area contributed by atoms with Crippen molar-refractivity contribution in [2.24, 2.45) is 0 Å². The molecule has 1 fully saturated rings. The van der Waals surface area contributed by atoms with Crippen LogP contribution in [0.5, 0.6) is 0 Å². The molecule has 5 nitrogen and oxygen atoms in total. The van der Waals surface area contributed by atoms with Gasteiger partial charge in [-0.25, -0.2) is 4.79 Å². The topological polar surface area (TPSA) is 52.7 Å². The number of urea groups is 1. The normalized spacial score (nSPS) is 13.4. The van der Waals surface area contributed by atoms with Gasteiger partial charge < -0.3 is 15.1 Å². The molecule has 1 heterocycles. The van der Waals surface area contributed by atoms with Crippen LogP contribution in [-0.2, 0) is 24.1 Å². The second-order valence-corrected chi connectivity index (χ2v) is 9.99. The summed E-state index contributed by atoms with van der Waals surface area (Å²) in [7, 11) is 0. The second-order valence-electron chi connectivity index (χ2n) is 8.62. The number of benzene rings is 2. The number of rotatable bonds is 8. The highest BCUT2D eigenvalue weighted by Crippen LogP contribution is 2.32. The minimum atomic E-state index is -4.51. The highest BCUT2D eigenvalue weighted by atomic mass is 32.1. The number of hydrogen-bond acceptors (Lipinski definition) is 3. The largest absolute Gasteiger partial charge is 0.416 e. The Bertz CT molecular complexity index is 1180. The Balaban J connectivity index is 1.48. The van der Waals surface area contributed by atoms with E-state index in [2.05, 4.69) is 5.32 Å². The van der Waals surface area contributed by atoms with Gasteiger partial charge in [-0.2, -0.15) is 13.2 Å². The molecule has 1 N–H and O–H groups in total. The van der Waals surface area contributed by atoms with Crippen molar-refractivity contribution in [2.75, 3.05) is 11.9 Å². The Morgan fingerprint density at radius 2 is 1.74 bits per heavy atom. The average molecular weight is 502 g/mol. The molecule has 184 valence electrons. The Hall–Kier alpha value is -3.33. The fourth-order valence-electron chi connectivity index (χ4n) is 3.76. The zero-order valence-electron chi connectivity index (χ0n) is 19.2. The molecule has 4 rings (SSSR count). The predicted molar refractivity (Wildman–Crippen MR) is 130 cm³/mol. The summed E-state index contributed by atoms with van der Waals surface area (Å²) < 4.78 is 39.1. The summed E-state index contributed by atoms with van der Waals surface area (Å²) in [6.07, 6.45) is -3.00. The van der Waals surface area contributed by atoms with Gasteiger partial charge in [0, 0.05) is 28.0 Å². The highest BCUT2D eigenvalue weighted by molar-refractivity contribution is 7.11. The average Bonchev–Trinajstić information content (AvgIpc) is 3.58. The molecule has 2 aromatic carbocycles. The van der Waals surface area contributed by atoms with Gasteiger partial charge in [-0.3, -0.25) is 4.79 Å². The fraction of sp³-hybridized carbons (Fsp3) is 0.308. The van der Waals surface area contributed by atoms with E-state index in [4.69, 9.17) is 0 Å². The molecule has 0 radical (unpaired) electrons. The van der Waals surface area contributed by atoms with Gasteiger partial charge in [0.05, 0.1) is 12.1 Å². The van der Waals surface area contributed by atoms with Crippen molar-refractivity contribution in [3.05, 3.63) is 87.6 Å². The molecule has 1 aliphatic carbocycles. The number of anilines is 1. The minimum absolute atomic E-state index is 0.0399. The van der Waals surface area contributed by atoms with E-state index >= 15 is 0 Å². The molecule has 0 atom stereocenters. The number of thiophene rings is 1. The van der Waals surface area contributed by atoms with Gasteiger partial charge in [0.15, 0.2) is 0 Å². The Morgan fingerprint density at radius 1 is 1.00 bits per heavy atom. The van der Waals surface area contributed by atoms with Crippen molar-refractivity contribution in [2.45, 2.75) is 45.1 Å². The zero-order valence-corrected chi connectivity index (χ0v) is 20.0. The number of hydrogen-bond donors (Lipinski definition) is 1. The van der Waals surface area contributed by atoms with Crippen LogP contribution in [-0.4, -0.2) is 34.3 Å². The molecular weight excluding hydrogens is 475 g/mol. The number of nitrogens with zero attached hydrogens (tertiary/aromatic N) is 2. The molecule has 0 saturated heterocycles. The Kier molecular flexibility index (Phi) is 7.45. The van der Waals surface area contributed by atoms with Crippen molar-refractivity contribution >= 4 is 29.0 Å². The number of aryl methyl sites for hydroxylation is 1. The van der Waals surface area contributed by atoms with Crippen LogP contribution < -0.4 is 5.32 Å². The van der Waals surface area contributed by atoms with Gasteiger partial charge in [-0.1, -0.05) is 36.4 Å². The first-order valence-electron chi connectivity index (χ1n) is 11.3. The molecule has 1 aromatic heterocycles. The van der Waals surface area contributed by atoms with Crippen molar-refractivity contribution in [1.82, 2.24) is 9.80 Å². The van der Waals surface area contributed by atoms with Crippen LogP contribution in [0.4, 0.5) is 23.7 Å². The van der Waals surface area contributed by atoms with Crippen molar-refractivity contribution in [1.29, 1.82) is 0 Å².